The second kappa shape index (κ2) is 4.62. The molecule has 0 aliphatic rings. The van der Waals surface area contributed by atoms with Gasteiger partial charge in [-0.1, -0.05) is 32.7 Å². The Morgan fingerprint density at radius 3 is 2.78 bits per heavy atom. The normalized spacial score (nSPS) is 11.0. The SMILES string of the molecule is Clc1ccc(Cn2nnc3ccc(Br)cc32)nn1. The molecule has 90 valence electrons. The van der Waals surface area contributed by atoms with Crippen molar-refractivity contribution in [3.05, 3.63) is 45.7 Å². The van der Waals surface area contributed by atoms with Gasteiger partial charge in [0, 0.05) is 4.47 Å². The van der Waals surface area contributed by atoms with Gasteiger partial charge in [0.15, 0.2) is 5.15 Å². The van der Waals surface area contributed by atoms with Crippen LogP contribution in [-0.2, 0) is 6.54 Å². The number of benzene rings is 1. The summed E-state index contributed by atoms with van der Waals surface area (Å²) in [5, 5.41) is 16.4. The average Bonchev–Trinajstić information content (AvgIpc) is 2.75. The fourth-order valence-corrected chi connectivity index (χ4v) is 2.09. The summed E-state index contributed by atoms with van der Waals surface area (Å²) in [6, 6.07) is 9.35. The van der Waals surface area contributed by atoms with Gasteiger partial charge >= 0.3 is 0 Å². The highest BCUT2D eigenvalue weighted by Crippen LogP contribution is 2.18. The Bertz CT molecular complexity index is 694. The quantitative estimate of drug-likeness (QED) is 0.727. The Kier molecular flexibility index (Phi) is 2.97. The van der Waals surface area contributed by atoms with Crippen LogP contribution < -0.4 is 0 Å². The molecule has 3 aromatic rings. The van der Waals surface area contributed by atoms with E-state index in [9.17, 15) is 0 Å². The van der Waals surface area contributed by atoms with Crippen LogP contribution in [0.15, 0.2) is 34.8 Å². The fourth-order valence-electron chi connectivity index (χ4n) is 1.64. The van der Waals surface area contributed by atoms with E-state index in [2.05, 4.69) is 36.4 Å². The van der Waals surface area contributed by atoms with Gasteiger partial charge in [0.25, 0.3) is 0 Å². The zero-order chi connectivity index (χ0) is 12.5. The molecule has 0 aliphatic carbocycles. The lowest BCUT2D eigenvalue weighted by Gasteiger charge is -2.01. The summed E-state index contributed by atoms with van der Waals surface area (Å²) in [5.74, 6) is 0. The van der Waals surface area contributed by atoms with Crippen molar-refractivity contribution < 1.29 is 0 Å². The number of aromatic nitrogens is 5. The number of nitrogens with zero attached hydrogens (tertiary/aromatic N) is 5. The van der Waals surface area contributed by atoms with E-state index in [0.29, 0.717) is 11.7 Å². The van der Waals surface area contributed by atoms with Crippen molar-refractivity contribution in [2.24, 2.45) is 0 Å². The van der Waals surface area contributed by atoms with Gasteiger partial charge in [-0.05, 0) is 30.3 Å². The molecule has 0 fully saturated rings. The maximum absolute atomic E-state index is 5.69. The van der Waals surface area contributed by atoms with Crippen molar-refractivity contribution in [1.29, 1.82) is 0 Å². The Balaban J connectivity index is 1.99. The summed E-state index contributed by atoms with van der Waals surface area (Å²) in [6.07, 6.45) is 0. The summed E-state index contributed by atoms with van der Waals surface area (Å²) in [6.45, 7) is 0.511. The molecule has 0 saturated heterocycles. The molecule has 7 heteroatoms. The van der Waals surface area contributed by atoms with Crippen LogP contribution in [-0.4, -0.2) is 25.2 Å². The molecule has 5 nitrogen and oxygen atoms in total. The third-order valence-corrected chi connectivity index (χ3v) is 3.17. The molecule has 0 bridgehead atoms. The molecular weight excluding hydrogens is 318 g/mol. The van der Waals surface area contributed by atoms with Crippen molar-refractivity contribution in [2.45, 2.75) is 6.54 Å². The molecule has 1 aromatic carbocycles. The van der Waals surface area contributed by atoms with Crippen LogP contribution in [0.2, 0.25) is 5.15 Å². The summed E-state index contributed by atoms with van der Waals surface area (Å²) in [4.78, 5) is 0. The molecule has 0 atom stereocenters. The van der Waals surface area contributed by atoms with Crippen LogP contribution in [0.4, 0.5) is 0 Å². The lowest BCUT2D eigenvalue weighted by molar-refractivity contribution is 0.650. The molecule has 18 heavy (non-hydrogen) atoms. The van der Waals surface area contributed by atoms with E-state index in [1.165, 1.54) is 0 Å². The highest BCUT2D eigenvalue weighted by atomic mass is 79.9. The Morgan fingerprint density at radius 1 is 1.11 bits per heavy atom. The molecule has 2 aromatic heterocycles. The minimum Gasteiger partial charge on any atom is -0.239 e. The zero-order valence-electron chi connectivity index (χ0n) is 9.09. The lowest BCUT2D eigenvalue weighted by Crippen LogP contribution is -2.04. The number of hydrogen-bond acceptors (Lipinski definition) is 4. The Morgan fingerprint density at radius 2 is 2.00 bits per heavy atom. The van der Waals surface area contributed by atoms with E-state index in [4.69, 9.17) is 11.6 Å². The molecule has 2 heterocycles. The van der Waals surface area contributed by atoms with Crippen LogP contribution in [0.25, 0.3) is 11.0 Å². The van der Waals surface area contributed by atoms with Crippen molar-refractivity contribution in [3.8, 4) is 0 Å². The minimum absolute atomic E-state index is 0.380. The lowest BCUT2D eigenvalue weighted by atomic mass is 10.3. The van der Waals surface area contributed by atoms with E-state index in [0.717, 1.165) is 21.2 Å². The summed E-state index contributed by atoms with van der Waals surface area (Å²) >= 11 is 9.13. The van der Waals surface area contributed by atoms with Gasteiger partial charge in [-0.25, -0.2) is 4.68 Å². The largest absolute Gasteiger partial charge is 0.239 e. The zero-order valence-corrected chi connectivity index (χ0v) is 11.4. The second-order valence-corrected chi connectivity index (χ2v) is 5.03. The summed E-state index contributed by atoms with van der Waals surface area (Å²) in [7, 11) is 0. The highest BCUT2D eigenvalue weighted by molar-refractivity contribution is 9.10. The second-order valence-electron chi connectivity index (χ2n) is 3.73. The van der Waals surface area contributed by atoms with E-state index in [1.807, 2.05) is 24.3 Å². The fraction of sp³-hybridized carbons (Fsp3) is 0.0909. The first-order chi connectivity index (χ1) is 8.72. The van der Waals surface area contributed by atoms with Crippen LogP contribution in [0.5, 0.6) is 0 Å². The first-order valence-electron chi connectivity index (χ1n) is 5.19. The van der Waals surface area contributed by atoms with Crippen molar-refractivity contribution in [2.75, 3.05) is 0 Å². The third kappa shape index (κ3) is 2.21. The summed E-state index contributed by atoms with van der Waals surface area (Å²) in [5.41, 5.74) is 2.58. The smallest absolute Gasteiger partial charge is 0.151 e. The van der Waals surface area contributed by atoms with Crippen molar-refractivity contribution in [1.82, 2.24) is 25.2 Å². The van der Waals surface area contributed by atoms with E-state index in [-0.39, 0.29) is 0 Å². The van der Waals surface area contributed by atoms with Crippen molar-refractivity contribution in [3.63, 3.8) is 0 Å². The predicted molar refractivity (Wildman–Crippen MR) is 71.4 cm³/mol. The van der Waals surface area contributed by atoms with Crippen LogP contribution >= 0.6 is 27.5 Å². The maximum atomic E-state index is 5.69. The number of halogens is 2. The molecular formula is C11H7BrClN5. The van der Waals surface area contributed by atoms with Crippen molar-refractivity contribution >= 4 is 38.6 Å². The van der Waals surface area contributed by atoms with Gasteiger partial charge in [0.05, 0.1) is 17.8 Å². The monoisotopic (exact) mass is 323 g/mol. The van der Waals surface area contributed by atoms with E-state index in [1.54, 1.807) is 10.7 Å². The van der Waals surface area contributed by atoms with Gasteiger partial charge in [-0.3, -0.25) is 0 Å². The number of fused-ring (bicyclic) bond motifs is 1. The van der Waals surface area contributed by atoms with Gasteiger partial charge in [-0.2, -0.15) is 5.10 Å². The topological polar surface area (TPSA) is 56.5 Å². The Labute approximate surface area is 116 Å². The van der Waals surface area contributed by atoms with Crippen LogP contribution in [0, 0.1) is 0 Å². The molecule has 0 unspecified atom stereocenters. The third-order valence-electron chi connectivity index (χ3n) is 2.47. The standard InChI is InChI=1S/C11H7BrClN5/c12-7-1-3-9-10(5-7)18(17-15-9)6-8-2-4-11(13)16-14-8/h1-5H,6H2. The molecule has 0 aliphatic heterocycles. The maximum Gasteiger partial charge on any atom is 0.151 e. The molecule has 0 radical (unpaired) electrons. The summed E-state index contributed by atoms with van der Waals surface area (Å²) < 4.78 is 2.76. The van der Waals surface area contributed by atoms with Gasteiger partial charge in [0.1, 0.15) is 5.52 Å². The van der Waals surface area contributed by atoms with Crippen LogP contribution in [0.3, 0.4) is 0 Å². The molecule has 0 N–H and O–H groups in total. The highest BCUT2D eigenvalue weighted by Gasteiger charge is 2.06. The number of hydrogen-bond donors (Lipinski definition) is 0. The molecule has 0 amide bonds. The first-order valence-corrected chi connectivity index (χ1v) is 6.36. The predicted octanol–water partition coefficient (Wildman–Crippen LogP) is 2.69. The van der Waals surface area contributed by atoms with Gasteiger partial charge < -0.3 is 0 Å². The Hall–Kier alpha value is -1.53. The van der Waals surface area contributed by atoms with E-state index >= 15 is 0 Å². The number of rotatable bonds is 2. The molecule has 3 rings (SSSR count). The molecule has 0 spiro atoms. The van der Waals surface area contributed by atoms with Crippen LogP contribution in [0.1, 0.15) is 5.69 Å². The van der Waals surface area contributed by atoms with E-state index < -0.39 is 0 Å². The first kappa shape index (κ1) is 11.6. The average molecular weight is 325 g/mol. The van der Waals surface area contributed by atoms with Gasteiger partial charge in [-0.15, -0.1) is 10.2 Å². The van der Waals surface area contributed by atoms with Gasteiger partial charge in [0.2, 0.25) is 0 Å². The minimum atomic E-state index is 0.380. The molecule has 0 saturated carbocycles.